The van der Waals surface area contributed by atoms with Crippen LogP contribution in [0.25, 0.3) is 0 Å². The van der Waals surface area contributed by atoms with Crippen LogP contribution in [-0.2, 0) is 0 Å². The maximum absolute atomic E-state index is 4.25. The molecule has 1 aliphatic carbocycles. The van der Waals surface area contributed by atoms with E-state index in [2.05, 4.69) is 36.4 Å². The fourth-order valence-electron chi connectivity index (χ4n) is 2.22. The highest BCUT2D eigenvalue weighted by Gasteiger charge is 2.28. The molecule has 0 saturated heterocycles. The Kier molecular flexibility index (Phi) is 8.16. The Morgan fingerprint density at radius 3 is 2.29 bits per heavy atom. The lowest BCUT2D eigenvalue weighted by atomic mass is 9.89. The molecule has 2 N–H and O–H groups in total. The summed E-state index contributed by atoms with van der Waals surface area (Å²) in [5, 5.41) is 6.80. The Morgan fingerprint density at radius 2 is 1.82 bits per heavy atom. The molecule has 17 heavy (non-hydrogen) atoms. The molecule has 0 spiro atoms. The first-order valence-corrected chi connectivity index (χ1v) is 6.50. The summed E-state index contributed by atoms with van der Waals surface area (Å²) in [6, 6.07) is 0. The van der Waals surface area contributed by atoms with Gasteiger partial charge in [0, 0.05) is 20.1 Å². The van der Waals surface area contributed by atoms with E-state index in [-0.39, 0.29) is 24.0 Å². The van der Waals surface area contributed by atoms with Crippen LogP contribution in [0.5, 0.6) is 0 Å². The second-order valence-electron chi connectivity index (χ2n) is 5.72. The normalized spacial score (nSPS) is 19.0. The minimum atomic E-state index is 0. The molecule has 0 amide bonds. The third kappa shape index (κ3) is 6.48. The number of hydrogen-bond acceptors (Lipinski definition) is 1. The molecule has 4 heteroatoms. The Balaban J connectivity index is 0.00000256. The van der Waals surface area contributed by atoms with Crippen molar-refractivity contribution < 1.29 is 0 Å². The molecule has 3 nitrogen and oxygen atoms in total. The van der Waals surface area contributed by atoms with Crippen LogP contribution in [0.15, 0.2) is 4.99 Å². The molecule has 1 aliphatic rings. The van der Waals surface area contributed by atoms with E-state index >= 15 is 0 Å². The molecule has 0 radical (unpaired) electrons. The van der Waals surface area contributed by atoms with Crippen LogP contribution < -0.4 is 10.6 Å². The highest BCUT2D eigenvalue weighted by atomic mass is 127. The lowest BCUT2D eigenvalue weighted by Crippen LogP contribution is -2.43. The lowest BCUT2D eigenvalue weighted by Gasteiger charge is -2.25. The average molecular weight is 353 g/mol. The molecule has 102 valence electrons. The second kappa shape index (κ2) is 8.16. The van der Waals surface area contributed by atoms with E-state index in [0.717, 1.165) is 19.0 Å². The van der Waals surface area contributed by atoms with Gasteiger partial charge in [0.15, 0.2) is 5.96 Å². The van der Waals surface area contributed by atoms with Crippen molar-refractivity contribution in [3.63, 3.8) is 0 Å². The minimum absolute atomic E-state index is 0. The Labute approximate surface area is 123 Å². The Morgan fingerprint density at radius 1 is 1.24 bits per heavy atom. The molecule has 0 aromatic rings. The van der Waals surface area contributed by atoms with E-state index in [1.807, 2.05) is 7.05 Å². The standard InChI is InChI=1S/C13H27N3.HI/c1-11(2)9-15-12(14-4)16-10-13(3)7-5-6-8-13;/h11H,5-10H2,1-4H3,(H2,14,15,16);1H. The molecular formula is C13H28IN3. The molecule has 0 aromatic heterocycles. The van der Waals surface area contributed by atoms with Crippen molar-refractivity contribution in [1.82, 2.24) is 10.6 Å². The predicted octanol–water partition coefficient (Wildman–Crippen LogP) is 3.01. The van der Waals surface area contributed by atoms with Gasteiger partial charge in [-0.15, -0.1) is 24.0 Å². The van der Waals surface area contributed by atoms with Gasteiger partial charge in [-0.1, -0.05) is 33.6 Å². The van der Waals surface area contributed by atoms with Gasteiger partial charge in [-0.3, -0.25) is 4.99 Å². The zero-order valence-corrected chi connectivity index (χ0v) is 14.0. The number of hydrogen-bond donors (Lipinski definition) is 2. The van der Waals surface area contributed by atoms with Crippen LogP contribution in [0.4, 0.5) is 0 Å². The summed E-state index contributed by atoms with van der Waals surface area (Å²) < 4.78 is 0. The van der Waals surface area contributed by atoms with Gasteiger partial charge >= 0.3 is 0 Å². The van der Waals surface area contributed by atoms with Crippen molar-refractivity contribution in [2.45, 2.75) is 46.5 Å². The fraction of sp³-hybridized carbons (Fsp3) is 0.923. The summed E-state index contributed by atoms with van der Waals surface area (Å²) in [5.74, 6) is 1.60. The maximum atomic E-state index is 4.25. The maximum Gasteiger partial charge on any atom is 0.191 e. The molecule has 0 heterocycles. The molecule has 0 unspecified atom stereocenters. The number of halogens is 1. The Bertz CT molecular complexity index is 233. The monoisotopic (exact) mass is 353 g/mol. The average Bonchev–Trinajstić information content (AvgIpc) is 2.65. The molecule has 1 rings (SSSR count). The van der Waals surface area contributed by atoms with Gasteiger partial charge in [-0.25, -0.2) is 0 Å². The zero-order valence-electron chi connectivity index (χ0n) is 11.7. The first kappa shape index (κ1) is 17.0. The van der Waals surface area contributed by atoms with Crippen molar-refractivity contribution in [2.75, 3.05) is 20.1 Å². The van der Waals surface area contributed by atoms with Crippen LogP contribution in [0, 0.1) is 11.3 Å². The van der Waals surface area contributed by atoms with Crippen molar-refractivity contribution in [1.29, 1.82) is 0 Å². The number of nitrogens with zero attached hydrogens (tertiary/aromatic N) is 1. The van der Waals surface area contributed by atoms with Crippen molar-refractivity contribution >= 4 is 29.9 Å². The van der Waals surface area contributed by atoms with Gasteiger partial charge in [0.05, 0.1) is 0 Å². The molecule has 0 bridgehead atoms. The SMILES string of the molecule is CN=C(NCC(C)C)NCC1(C)CCCC1.I. The number of nitrogens with one attached hydrogen (secondary N) is 2. The zero-order chi connectivity index (χ0) is 12.0. The van der Waals surface area contributed by atoms with Gasteiger partial charge in [0.2, 0.25) is 0 Å². The molecule has 1 saturated carbocycles. The van der Waals surface area contributed by atoms with Crippen LogP contribution in [0.2, 0.25) is 0 Å². The molecular weight excluding hydrogens is 325 g/mol. The van der Waals surface area contributed by atoms with E-state index in [9.17, 15) is 0 Å². The minimum Gasteiger partial charge on any atom is -0.356 e. The summed E-state index contributed by atoms with van der Waals surface area (Å²) in [4.78, 5) is 4.25. The highest BCUT2D eigenvalue weighted by Crippen LogP contribution is 2.36. The third-order valence-electron chi connectivity index (χ3n) is 3.39. The van der Waals surface area contributed by atoms with Crippen molar-refractivity contribution in [3.8, 4) is 0 Å². The van der Waals surface area contributed by atoms with E-state index in [0.29, 0.717) is 11.3 Å². The third-order valence-corrected chi connectivity index (χ3v) is 3.39. The van der Waals surface area contributed by atoms with Crippen molar-refractivity contribution in [3.05, 3.63) is 0 Å². The molecule has 0 aliphatic heterocycles. The van der Waals surface area contributed by atoms with Gasteiger partial charge in [-0.2, -0.15) is 0 Å². The first-order valence-electron chi connectivity index (χ1n) is 6.50. The molecule has 1 fully saturated rings. The van der Waals surface area contributed by atoms with E-state index < -0.39 is 0 Å². The van der Waals surface area contributed by atoms with E-state index in [4.69, 9.17) is 0 Å². The number of guanidine groups is 1. The highest BCUT2D eigenvalue weighted by molar-refractivity contribution is 14.0. The van der Waals surface area contributed by atoms with E-state index in [1.165, 1.54) is 25.7 Å². The lowest BCUT2D eigenvalue weighted by molar-refractivity contribution is 0.334. The summed E-state index contributed by atoms with van der Waals surface area (Å²) in [5.41, 5.74) is 0.482. The van der Waals surface area contributed by atoms with Gasteiger partial charge in [0.1, 0.15) is 0 Å². The molecule has 0 atom stereocenters. The summed E-state index contributed by atoms with van der Waals surface area (Å²) in [6.45, 7) is 8.82. The van der Waals surface area contributed by atoms with Crippen LogP contribution in [0.3, 0.4) is 0 Å². The number of aliphatic imine (C=N–C) groups is 1. The largest absolute Gasteiger partial charge is 0.356 e. The molecule has 0 aromatic carbocycles. The van der Waals surface area contributed by atoms with Crippen LogP contribution >= 0.6 is 24.0 Å². The van der Waals surface area contributed by atoms with Crippen molar-refractivity contribution in [2.24, 2.45) is 16.3 Å². The van der Waals surface area contributed by atoms with Gasteiger partial charge in [0.25, 0.3) is 0 Å². The van der Waals surface area contributed by atoms with Crippen LogP contribution in [-0.4, -0.2) is 26.1 Å². The quantitative estimate of drug-likeness (QED) is 0.463. The Hall–Kier alpha value is 0. The number of rotatable bonds is 4. The summed E-state index contributed by atoms with van der Waals surface area (Å²) >= 11 is 0. The van der Waals surface area contributed by atoms with Gasteiger partial charge < -0.3 is 10.6 Å². The smallest absolute Gasteiger partial charge is 0.191 e. The summed E-state index contributed by atoms with van der Waals surface area (Å²) in [7, 11) is 1.84. The van der Waals surface area contributed by atoms with Crippen LogP contribution in [0.1, 0.15) is 46.5 Å². The van der Waals surface area contributed by atoms with Gasteiger partial charge in [-0.05, 0) is 24.2 Å². The fourth-order valence-corrected chi connectivity index (χ4v) is 2.22. The van der Waals surface area contributed by atoms with E-state index in [1.54, 1.807) is 0 Å². The first-order chi connectivity index (χ1) is 7.56. The predicted molar refractivity (Wildman–Crippen MR) is 86.2 cm³/mol. The second-order valence-corrected chi connectivity index (χ2v) is 5.72. The summed E-state index contributed by atoms with van der Waals surface area (Å²) in [6.07, 6.45) is 5.47. The topological polar surface area (TPSA) is 36.4 Å².